The molecule has 4 N–H and O–H groups in total. The number of methoxy groups -OCH3 is 1. The van der Waals surface area contributed by atoms with Crippen molar-refractivity contribution in [2.45, 2.75) is 57.7 Å². The molecule has 2 heterocycles. The van der Waals surface area contributed by atoms with E-state index in [-0.39, 0.29) is 30.2 Å². The van der Waals surface area contributed by atoms with E-state index in [0.717, 1.165) is 23.7 Å². The Balaban J connectivity index is 1.35. The molecule has 2 aliphatic rings. The monoisotopic (exact) mass is 546 g/mol. The average molecular weight is 547 g/mol. The van der Waals surface area contributed by atoms with Crippen LogP contribution in [0.5, 0.6) is 5.75 Å². The van der Waals surface area contributed by atoms with Gasteiger partial charge in [0.15, 0.2) is 0 Å². The number of nitrogens with one attached hydrogen (secondary N) is 3. The lowest BCUT2D eigenvalue weighted by atomic mass is 9.98. The molecule has 3 amide bonds. The molecular weight excluding hydrogens is 508 g/mol. The number of aromatic amines is 1. The van der Waals surface area contributed by atoms with Crippen molar-refractivity contribution >= 4 is 34.3 Å². The Labute approximate surface area is 234 Å². The van der Waals surface area contributed by atoms with Gasteiger partial charge in [0.2, 0.25) is 11.8 Å². The topological polar surface area (TPSA) is 124 Å². The predicted molar refractivity (Wildman–Crippen MR) is 153 cm³/mol. The molecule has 2 aromatic carbocycles. The molecule has 1 saturated carbocycles. The van der Waals surface area contributed by atoms with Gasteiger partial charge < -0.3 is 30.4 Å². The summed E-state index contributed by atoms with van der Waals surface area (Å²) in [5.74, 6) is -0.384. The normalized spacial score (nSPS) is 20.4. The van der Waals surface area contributed by atoms with Gasteiger partial charge in [-0.3, -0.25) is 14.4 Å². The lowest BCUT2D eigenvalue weighted by Gasteiger charge is -2.32. The van der Waals surface area contributed by atoms with Crippen LogP contribution in [-0.2, 0) is 9.59 Å². The first kappa shape index (κ1) is 27.7. The van der Waals surface area contributed by atoms with Crippen molar-refractivity contribution in [3.05, 3.63) is 60.3 Å². The number of anilines is 1. The molecule has 40 heavy (non-hydrogen) atoms. The molecule has 0 radical (unpaired) electrons. The molecule has 3 aromatic rings. The molecule has 0 spiro atoms. The number of benzene rings is 2. The zero-order chi connectivity index (χ0) is 28.4. The molecular formula is C31H38N4O5. The highest BCUT2D eigenvalue weighted by molar-refractivity contribution is 6.01. The third-order valence-electron chi connectivity index (χ3n) is 7.94. The first-order valence-corrected chi connectivity index (χ1v) is 14.1. The van der Waals surface area contributed by atoms with E-state index >= 15 is 0 Å². The Hall–Kier alpha value is -3.85. The fourth-order valence-corrected chi connectivity index (χ4v) is 5.71. The first-order valence-electron chi connectivity index (χ1n) is 14.1. The van der Waals surface area contributed by atoms with Gasteiger partial charge in [0.1, 0.15) is 17.5 Å². The van der Waals surface area contributed by atoms with Crippen LogP contribution in [0.2, 0.25) is 0 Å². The minimum Gasteiger partial charge on any atom is -0.496 e. The van der Waals surface area contributed by atoms with Crippen molar-refractivity contribution in [2.75, 3.05) is 19.0 Å². The number of H-pyrrole nitrogens is 1. The van der Waals surface area contributed by atoms with Crippen molar-refractivity contribution in [3.63, 3.8) is 0 Å². The summed E-state index contributed by atoms with van der Waals surface area (Å²) in [6.07, 6.45) is 1.94. The number of hydrogen-bond acceptors (Lipinski definition) is 5. The van der Waals surface area contributed by atoms with Gasteiger partial charge in [0.05, 0.1) is 25.2 Å². The second-order valence-electron chi connectivity index (χ2n) is 11.4. The fourth-order valence-electron chi connectivity index (χ4n) is 5.71. The molecule has 1 aromatic heterocycles. The molecule has 0 bridgehead atoms. The van der Waals surface area contributed by atoms with Crippen molar-refractivity contribution in [2.24, 2.45) is 17.8 Å². The van der Waals surface area contributed by atoms with Crippen molar-refractivity contribution < 1.29 is 24.2 Å². The van der Waals surface area contributed by atoms with Crippen LogP contribution < -0.4 is 15.4 Å². The standard InChI is InChI=1S/C31H38N4O5/c1-18(2)14-25(34-30(38)24-16-22-23(33-24)10-7-11-27(22)40-3)31(39)35-17-20(15-26(35)28(36)19-12-13-19)29(37)32-21-8-5-4-6-9-21/h4-11,16,18-20,25-26,28,33,36H,12-15,17H2,1-3H3,(H,32,37)(H,34,38). The van der Waals surface area contributed by atoms with Gasteiger partial charge in [-0.2, -0.15) is 0 Å². The summed E-state index contributed by atoms with van der Waals surface area (Å²) in [4.78, 5) is 45.3. The van der Waals surface area contributed by atoms with E-state index in [1.807, 2.05) is 62.4 Å². The predicted octanol–water partition coefficient (Wildman–Crippen LogP) is 3.95. The molecule has 1 aliphatic carbocycles. The number of fused-ring (bicyclic) bond motifs is 1. The number of likely N-dealkylation sites (tertiary alicyclic amines) is 1. The van der Waals surface area contributed by atoms with Gasteiger partial charge in [0.25, 0.3) is 5.91 Å². The Bertz CT molecular complexity index is 1370. The van der Waals surface area contributed by atoms with Crippen LogP contribution >= 0.6 is 0 Å². The second kappa shape index (κ2) is 11.7. The molecule has 9 nitrogen and oxygen atoms in total. The van der Waals surface area contributed by atoms with Crippen LogP contribution in [0.25, 0.3) is 10.9 Å². The number of amides is 3. The van der Waals surface area contributed by atoms with Crippen LogP contribution in [0.1, 0.15) is 50.0 Å². The maximum atomic E-state index is 14.0. The summed E-state index contributed by atoms with van der Waals surface area (Å²) in [5, 5.41) is 17.8. The maximum absolute atomic E-state index is 14.0. The highest BCUT2D eigenvalue weighted by atomic mass is 16.5. The largest absolute Gasteiger partial charge is 0.496 e. The van der Waals surface area contributed by atoms with Gasteiger partial charge in [-0.1, -0.05) is 38.1 Å². The van der Waals surface area contributed by atoms with Gasteiger partial charge in [-0.15, -0.1) is 0 Å². The Morgan fingerprint density at radius 1 is 1.10 bits per heavy atom. The zero-order valence-corrected chi connectivity index (χ0v) is 23.2. The Morgan fingerprint density at radius 2 is 1.85 bits per heavy atom. The number of carbonyl (C=O) groups is 3. The summed E-state index contributed by atoms with van der Waals surface area (Å²) >= 11 is 0. The Kier molecular flexibility index (Phi) is 8.12. The Morgan fingerprint density at radius 3 is 2.52 bits per heavy atom. The summed E-state index contributed by atoms with van der Waals surface area (Å²) in [5.41, 5.74) is 1.78. The molecule has 5 rings (SSSR count). The number of aromatic nitrogens is 1. The van der Waals surface area contributed by atoms with Crippen molar-refractivity contribution in [1.82, 2.24) is 15.2 Å². The number of ether oxygens (including phenoxy) is 1. The highest BCUT2D eigenvalue weighted by Gasteiger charge is 2.47. The maximum Gasteiger partial charge on any atom is 0.268 e. The number of para-hydroxylation sites is 1. The molecule has 212 valence electrons. The summed E-state index contributed by atoms with van der Waals surface area (Å²) in [6, 6.07) is 15.2. The summed E-state index contributed by atoms with van der Waals surface area (Å²) < 4.78 is 5.42. The van der Waals surface area contributed by atoms with Crippen LogP contribution in [0.3, 0.4) is 0 Å². The number of carbonyl (C=O) groups excluding carboxylic acids is 3. The first-order chi connectivity index (χ1) is 19.2. The van der Waals surface area contributed by atoms with Crippen molar-refractivity contribution in [1.29, 1.82) is 0 Å². The minimum absolute atomic E-state index is 0.128. The fraction of sp³-hybridized carbons (Fsp3) is 0.452. The minimum atomic E-state index is -0.800. The van der Waals surface area contributed by atoms with E-state index < -0.39 is 30.0 Å². The lowest BCUT2D eigenvalue weighted by molar-refractivity contribution is -0.137. The average Bonchev–Trinajstić information content (AvgIpc) is 3.54. The number of rotatable bonds is 10. The summed E-state index contributed by atoms with van der Waals surface area (Å²) in [6.45, 7) is 4.19. The van der Waals surface area contributed by atoms with E-state index in [1.165, 1.54) is 0 Å². The van der Waals surface area contributed by atoms with Crippen LogP contribution in [0, 0.1) is 17.8 Å². The second-order valence-corrected chi connectivity index (χ2v) is 11.4. The molecule has 2 fully saturated rings. The molecule has 1 saturated heterocycles. The van der Waals surface area contributed by atoms with E-state index in [2.05, 4.69) is 15.6 Å². The van der Waals surface area contributed by atoms with Crippen molar-refractivity contribution in [3.8, 4) is 5.75 Å². The molecule has 1 aliphatic heterocycles. The highest BCUT2D eigenvalue weighted by Crippen LogP contribution is 2.39. The number of hydrogen-bond donors (Lipinski definition) is 4. The van der Waals surface area contributed by atoms with Crippen LogP contribution in [0.4, 0.5) is 5.69 Å². The summed E-state index contributed by atoms with van der Waals surface area (Å²) in [7, 11) is 1.58. The number of aliphatic hydroxyl groups excluding tert-OH is 1. The van der Waals surface area contributed by atoms with Gasteiger partial charge in [0, 0.05) is 23.1 Å². The van der Waals surface area contributed by atoms with Crippen LogP contribution in [-0.4, -0.2) is 64.6 Å². The third kappa shape index (κ3) is 5.99. The SMILES string of the molecule is COc1cccc2[nH]c(C(=O)NC(CC(C)C)C(=O)N3CC(C(=O)Nc4ccccc4)CC3C(O)C3CC3)cc12. The number of aliphatic hydroxyl groups is 1. The van der Waals surface area contributed by atoms with E-state index in [9.17, 15) is 19.5 Å². The zero-order valence-electron chi connectivity index (χ0n) is 23.2. The number of nitrogens with zero attached hydrogens (tertiary/aromatic N) is 1. The van der Waals surface area contributed by atoms with E-state index in [4.69, 9.17) is 4.74 Å². The third-order valence-corrected chi connectivity index (χ3v) is 7.94. The van der Waals surface area contributed by atoms with Gasteiger partial charge in [-0.25, -0.2) is 0 Å². The van der Waals surface area contributed by atoms with E-state index in [0.29, 0.717) is 30.0 Å². The smallest absolute Gasteiger partial charge is 0.268 e. The molecule has 4 unspecified atom stereocenters. The van der Waals surface area contributed by atoms with E-state index in [1.54, 1.807) is 18.1 Å². The van der Waals surface area contributed by atoms with Crippen LogP contribution in [0.15, 0.2) is 54.6 Å². The van der Waals surface area contributed by atoms with Gasteiger partial charge >= 0.3 is 0 Å². The van der Waals surface area contributed by atoms with Gasteiger partial charge in [-0.05, 0) is 67.9 Å². The molecule has 9 heteroatoms. The molecule has 4 atom stereocenters. The quantitative estimate of drug-likeness (QED) is 0.307. The lowest BCUT2D eigenvalue weighted by Crippen LogP contribution is -2.53.